The molecule has 1 aromatic carbocycles. The van der Waals surface area contributed by atoms with Crippen LogP contribution in [0.25, 0.3) is 6.08 Å². The highest BCUT2D eigenvalue weighted by molar-refractivity contribution is 5.83. The standard InChI is InChI=1S/C27H39NO3/c1-9-27(28,10-2)18-31-26(29)16-20(4)13-11-12-19(3)14-15-24-21(5)17-25(30-8)23(7)22(24)6/h11-17H,9-10,18,28H2,1-8H3. The highest BCUT2D eigenvalue weighted by Gasteiger charge is 2.21. The van der Waals surface area contributed by atoms with Gasteiger partial charge in [-0.2, -0.15) is 0 Å². The van der Waals surface area contributed by atoms with Crippen LogP contribution in [0.2, 0.25) is 0 Å². The van der Waals surface area contributed by atoms with E-state index in [1.807, 2.05) is 45.9 Å². The minimum atomic E-state index is -0.446. The largest absolute Gasteiger partial charge is 0.496 e. The minimum Gasteiger partial charge on any atom is -0.496 e. The molecule has 0 aliphatic rings. The number of allylic oxidation sites excluding steroid dienone is 6. The summed E-state index contributed by atoms with van der Waals surface area (Å²) >= 11 is 0. The van der Waals surface area contributed by atoms with E-state index in [1.165, 1.54) is 22.8 Å². The van der Waals surface area contributed by atoms with Gasteiger partial charge in [-0.25, -0.2) is 4.79 Å². The molecule has 4 heteroatoms. The van der Waals surface area contributed by atoms with Crippen LogP contribution in [-0.4, -0.2) is 25.2 Å². The molecule has 2 N–H and O–H groups in total. The molecule has 0 unspecified atom stereocenters. The molecule has 0 aliphatic heterocycles. The summed E-state index contributed by atoms with van der Waals surface area (Å²) < 4.78 is 10.8. The smallest absolute Gasteiger partial charge is 0.331 e. The first-order valence-electron chi connectivity index (χ1n) is 10.9. The molecule has 1 aromatic rings. The third-order valence-corrected chi connectivity index (χ3v) is 5.82. The zero-order chi connectivity index (χ0) is 23.6. The van der Waals surface area contributed by atoms with Gasteiger partial charge in [-0.15, -0.1) is 0 Å². The lowest BCUT2D eigenvalue weighted by Gasteiger charge is -2.25. The molecule has 0 aliphatic carbocycles. The van der Waals surface area contributed by atoms with Crippen LogP contribution >= 0.6 is 0 Å². The lowest BCUT2D eigenvalue weighted by Crippen LogP contribution is -2.43. The SMILES string of the molecule is CCC(N)(CC)COC(=O)C=C(C)C=CC=C(C)C=Cc1c(C)cc(OC)c(C)c1C. The van der Waals surface area contributed by atoms with Gasteiger partial charge in [-0.05, 0) is 81.4 Å². The van der Waals surface area contributed by atoms with Gasteiger partial charge in [0.15, 0.2) is 0 Å². The zero-order valence-electron chi connectivity index (χ0n) is 20.5. The average molecular weight is 426 g/mol. The van der Waals surface area contributed by atoms with Gasteiger partial charge < -0.3 is 15.2 Å². The summed E-state index contributed by atoms with van der Waals surface area (Å²) in [5.74, 6) is 0.560. The second kappa shape index (κ2) is 12.3. The van der Waals surface area contributed by atoms with Crippen molar-refractivity contribution in [3.63, 3.8) is 0 Å². The second-order valence-corrected chi connectivity index (χ2v) is 8.23. The van der Waals surface area contributed by atoms with Gasteiger partial charge in [-0.1, -0.05) is 49.8 Å². The average Bonchev–Trinajstić information content (AvgIpc) is 2.74. The minimum absolute atomic E-state index is 0.236. The molecule has 0 amide bonds. The molecule has 1 rings (SSSR count). The fraction of sp³-hybridized carbons (Fsp3) is 0.444. The van der Waals surface area contributed by atoms with Crippen LogP contribution in [-0.2, 0) is 9.53 Å². The molecular weight excluding hydrogens is 386 g/mol. The van der Waals surface area contributed by atoms with Gasteiger partial charge in [0.25, 0.3) is 0 Å². The maximum Gasteiger partial charge on any atom is 0.331 e. The number of hydrogen-bond acceptors (Lipinski definition) is 4. The van der Waals surface area contributed by atoms with Crippen molar-refractivity contribution >= 4 is 12.0 Å². The zero-order valence-corrected chi connectivity index (χ0v) is 20.5. The molecule has 4 nitrogen and oxygen atoms in total. The lowest BCUT2D eigenvalue weighted by atomic mass is 9.96. The molecule has 0 radical (unpaired) electrons. The van der Waals surface area contributed by atoms with Crippen LogP contribution in [0.4, 0.5) is 0 Å². The second-order valence-electron chi connectivity index (χ2n) is 8.23. The van der Waals surface area contributed by atoms with Crippen molar-refractivity contribution in [1.82, 2.24) is 0 Å². The Morgan fingerprint density at radius 2 is 1.71 bits per heavy atom. The number of benzene rings is 1. The van der Waals surface area contributed by atoms with E-state index in [9.17, 15) is 4.79 Å². The van der Waals surface area contributed by atoms with Gasteiger partial charge in [-0.3, -0.25) is 0 Å². The third kappa shape index (κ3) is 8.22. The first-order chi connectivity index (χ1) is 14.6. The van der Waals surface area contributed by atoms with Crippen molar-refractivity contribution in [2.24, 2.45) is 5.73 Å². The highest BCUT2D eigenvalue weighted by Crippen LogP contribution is 2.28. The predicted octanol–water partition coefficient (Wildman–Crippen LogP) is 6.14. The summed E-state index contributed by atoms with van der Waals surface area (Å²) in [5, 5.41) is 0. The first kappa shape index (κ1) is 26.4. The van der Waals surface area contributed by atoms with Gasteiger partial charge in [0.05, 0.1) is 7.11 Å². The van der Waals surface area contributed by atoms with E-state index in [0.717, 1.165) is 35.3 Å². The van der Waals surface area contributed by atoms with E-state index in [2.05, 4.69) is 39.0 Å². The molecule has 0 heterocycles. The number of hydrogen-bond donors (Lipinski definition) is 1. The Kier molecular flexibility index (Phi) is 10.5. The van der Waals surface area contributed by atoms with Crippen molar-refractivity contribution in [1.29, 1.82) is 0 Å². The van der Waals surface area contributed by atoms with E-state index in [1.54, 1.807) is 7.11 Å². The molecule has 0 saturated carbocycles. The van der Waals surface area contributed by atoms with Crippen molar-refractivity contribution < 1.29 is 14.3 Å². The van der Waals surface area contributed by atoms with Crippen LogP contribution in [0.15, 0.2) is 47.6 Å². The highest BCUT2D eigenvalue weighted by atomic mass is 16.5. The third-order valence-electron chi connectivity index (χ3n) is 5.82. The molecular formula is C27H39NO3. The summed E-state index contributed by atoms with van der Waals surface area (Å²) in [7, 11) is 1.70. The number of carbonyl (C=O) groups is 1. The molecule has 0 bridgehead atoms. The number of methoxy groups -OCH3 is 1. The van der Waals surface area contributed by atoms with Gasteiger partial charge >= 0.3 is 5.97 Å². The Hall–Kier alpha value is -2.59. The molecule has 0 aromatic heterocycles. The van der Waals surface area contributed by atoms with Crippen LogP contribution in [0, 0.1) is 20.8 Å². The van der Waals surface area contributed by atoms with Crippen molar-refractivity contribution in [2.45, 2.75) is 66.8 Å². The van der Waals surface area contributed by atoms with E-state index in [4.69, 9.17) is 15.2 Å². The Morgan fingerprint density at radius 1 is 1.06 bits per heavy atom. The van der Waals surface area contributed by atoms with Crippen LogP contribution in [0.5, 0.6) is 5.75 Å². The quantitative estimate of drug-likeness (QED) is 0.278. The number of nitrogens with two attached hydrogens (primary N) is 1. The summed E-state index contributed by atoms with van der Waals surface area (Å²) in [6, 6.07) is 2.07. The molecule has 0 atom stereocenters. The predicted molar refractivity (Wildman–Crippen MR) is 131 cm³/mol. The monoisotopic (exact) mass is 425 g/mol. The summed E-state index contributed by atoms with van der Waals surface area (Å²) in [6.45, 7) is 14.5. The summed E-state index contributed by atoms with van der Waals surface area (Å²) in [6.07, 6.45) is 13.1. The van der Waals surface area contributed by atoms with E-state index in [0.29, 0.717) is 0 Å². The Morgan fingerprint density at radius 3 is 2.29 bits per heavy atom. The van der Waals surface area contributed by atoms with Crippen LogP contribution in [0.3, 0.4) is 0 Å². The normalized spacial score (nSPS) is 13.3. The van der Waals surface area contributed by atoms with Crippen molar-refractivity contribution in [3.05, 3.63) is 69.8 Å². The molecule has 170 valence electrons. The van der Waals surface area contributed by atoms with Gasteiger partial charge in [0, 0.05) is 11.6 Å². The number of rotatable bonds is 10. The van der Waals surface area contributed by atoms with Crippen molar-refractivity contribution in [2.75, 3.05) is 13.7 Å². The Balaban J connectivity index is 2.78. The maximum atomic E-state index is 12.0. The Bertz CT molecular complexity index is 884. The fourth-order valence-electron chi connectivity index (χ4n) is 3.10. The Labute approximate surface area is 188 Å². The van der Waals surface area contributed by atoms with Gasteiger partial charge in [0.2, 0.25) is 0 Å². The van der Waals surface area contributed by atoms with E-state index < -0.39 is 5.54 Å². The summed E-state index contributed by atoms with van der Waals surface area (Å²) in [5.41, 5.74) is 12.4. The van der Waals surface area contributed by atoms with Gasteiger partial charge in [0.1, 0.15) is 12.4 Å². The number of aryl methyl sites for hydroxylation is 1. The first-order valence-corrected chi connectivity index (χ1v) is 10.9. The van der Waals surface area contributed by atoms with Crippen LogP contribution in [0.1, 0.15) is 62.8 Å². The molecule has 0 spiro atoms. The molecule has 0 fully saturated rings. The molecule has 31 heavy (non-hydrogen) atoms. The van der Waals surface area contributed by atoms with E-state index >= 15 is 0 Å². The number of carbonyl (C=O) groups excluding carboxylic acids is 1. The topological polar surface area (TPSA) is 61.5 Å². The fourth-order valence-corrected chi connectivity index (χ4v) is 3.10. The summed E-state index contributed by atoms with van der Waals surface area (Å²) in [4.78, 5) is 12.0. The maximum absolute atomic E-state index is 12.0. The lowest BCUT2D eigenvalue weighted by molar-refractivity contribution is -0.139. The number of ether oxygens (including phenoxy) is 2. The van der Waals surface area contributed by atoms with E-state index in [-0.39, 0.29) is 12.6 Å². The molecule has 0 saturated heterocycles. The van der Waals surface area contributed by atoms with Crippen LogP contribution < -0.4 is 10.5 Å². The van der Waals surface area contributed by atoms with Crippen molar-refractivity contribution in [3.8, 4) is 5.75 Å². The number of esters is 1.